The lowest BCUT2D eigenvalue weighted by Crippen LogP contribution is -2.43. The second-order valence-electron chi connectivity index (χ2n) is 7.80. The van der Waals surface area contributed by atoms with Crippen molar-refractivity contribution >= 4 is 16.6 Å². The summed E-state index contributed by atoms with van der Waals surface area (Å²) in [5, 5.41) is 4.59. The monoisotopic (exact) mass is 400 g/mol. The van der Waals surface area contributed by atoms with Crippen LogP contribution in [0.15, 0.2) is 67.0 Å². The topological polar surface area (TPSA) is 33.1 Å². The van der Waals surface area contributed by atoms with E-state index in [1.54, 1.807) is 6.07 Å². The maximum Gasteiger partial charge on any atom is 0.126 e. The van der Waals surface area contributed by atoms with Crippen LogP contribution in [-0.2, 0) is 6.42 Å². The van der Waals surface area contributed by atoms with E-state index in [4.69, 9.17) is 0 Å². The molecule has 2 aromatic heterocycles. The summed E-state index contributed by atoms with van der Waals surface area (Å²) in [4.78, 5) is 6.89. The van der Waals surface area contributed by atoms with Crippen LogP contribution in [0, 0.1) is 12.7 Å². The minimum Gasteiger partial charge on any atom is -0.367 e. The first kappa shape index (κ1) is 18.8. The molecule has 2 aromatic carbocycles. The normalized spacial score (nSPS) is 14.4. The third-order valence-electron chi connectivity index (χ3n) is 6.02. The molecule has 1 saturated heterocycles. The summed E-state index contributed by atoms with van der Waals surface area (Å²) in [7, 11) is 0. The second-order valence-corrected chi connectivity index (χ2v) is 7.80. The fourth-order valence-corrected chi connectivity index (χ4v) is 4.47. The van der Waals surface area contributed by atoms with Crippen molar-refractivity contribution < 1.29 is 4.39 Å². The number of benzene rings is 2. The average molecular weight is 401 g/mol. The summed E-state index contributed by atoms with van der Waals surface area (Å²) in [6.07, 6.45) is 4.47. The molecular formula is C25H25FN4. The summed E-state index contributed by atoms with van der Waals surface area (Å²) in [5.41, 5.74) is 6.37. The summed E-state index contributed by atoms with van der Waals surface area (Å²) in [6.45, 7) is 5.66. The zero-order valence-corrected chi connectivity index (χ0v) is 17.1. The van der Waals surface area contributed by atoms with Crippen molar-refractivity contribution in [2.45, 2.75) is 13.3 Å². The van der Waals surface area contributed by atoms with Gasteiger partial charge in [-0.05, 0) is 42.3 Å². The predicted octanol–water partition coefficient (Wildman–Crippen LogP) is 4.47. The van der Waals surface area contributed by atoms with Gasteiger partial charge in [0, 0.05) is 56.1 Å². The van der Waals surface area contributed by atoms with Gasteiger partial charge in [-0.15, -0.1) is 0 Å². The zero-order chi connectivity index (χ0) is 20.5. The van der Waals surface area contributed by atoms with Crippen LogP contribution in [0.5, 0.6) is 0 Å². The summed E-state index contributed by atoms with van der Waals surface area (Å²) >= 11 is 0. The van der Waals surface area contributed by atoms with E-state index in [1.807, 2.05) is 31.5 Å². The van der Waals surface area contributed by atoms with Gasteiger partial charge >= 0.3 is 0 Å². The molecule has 4 aromatic rings. The number of piperazine rings is 1. The number of aromatic nitrogens is 2. The van der Waals surface area contributed by atoms with Crippen molar-refractivity contribution in [1.82, 2.24) is 14.9 Å². The van der Waals surface area contributed by atoms with E-state index in [2.05, 4.69) is 50.1 Å². The molecule has 1 fully saturated rings. The van der Waals surface area contributed by atoms with Crippen molar-refractivity contribution in [3.05, 3.63) is 89.6 Å². The molecule has 30 heavy (non-hydrogen) atoms. The van der Waals surface area contributed by atoms with Crippen molar-refractivity contribution in [1.29, 1.82) is 0 Å². The Kier molecular flexibility index (Phi) is 4.97. The molecule has 152 valence electrons. The zero-order valence-electron chi connectivity index (χ0n) is 17.1. The number of nitrogens with zero attached hydrogens (tertiary/aromatic N) is 3. The van der Waals surface area contributed by atoms with Crippen LogP contribution >= 0.6 is 0 Å². The fraction of sp³-hybridized carbons (Fsp3) is 0.240. The molecule has 0 atom stereocenters. The van der Waals surface area contributed by atoms with Crippen LogP contribution in [0.4, 0.5) is 10.1 Å². The lowest BCUT2D eigenvalue weighted by molar-refractivity contribution is 0.588. The number of para-hydroxylation sites is 1. The minimum atomic E-state index is -0.153. The van der Waals surface area contributed by atoms with Crippen LogP contribution in [0.2, 0.25) is 0 Å². The average Bonchev–Trinajstić information content (AvgIpc) is 3.12. The van der Waals surface area contributed by atoms with Gasteiger partial charge in [0.15, 0.2) is 0 Å². The van der Waals surface area contributed by atoms with Crippen molar-refractivity contribution in [3.8, 4) is 5.69 Å². The maximum atomic E-state index is 14.3. The molecule has 4 nitrogen and oxygen atoms in total. The molecule has 0 bridgehead atoms. The van der Waals surface area contributed by atoms with Crippen molar-refractivity contribution in [2.75, 3.05) is 31.1 Å². The molecule has 0 spiro atoms. The first-order valence-corrected chi connectivity index (χ1v) is 10.5. The highest BCUT2D eigenvalue weighted by molar-refractivity contribution is 5.96. The van der Waals surface area contributed by atoms with Crippen LogP contribution in [-0.4, -0.2) is 35.7 Å². The Hall–Kier alpha value is -3.18. The number of anilines is 1. The van der Waals surface area contributed by atoms with Gasteiger partial charge in [0.25, 0.3) is 0 Å². The van der Waals surface area contributed by atoms with Gasteiger partial charge in [0.2, 0.25) is 0 Å². The summed E-state index contributed by atoms with van der Waals surface area (Å²) < 4.78 is 16.6. The molecule has 1 aliphatic rings. The number of hydrogen-bond donors (Lipinski definition) is 1. The Balaban J connectivity index is 1.78. The van der Waals surface area contributed by atoms with Gasteiger partial charge in [-0.1, -0.05) is 30.3 Å². The highest BCUT2D eigenvalue weighted by Gasteiger charge is 2.24. The third kappa shape index (κ3) is 3.25. The molecule has 0 unspecified atom stereocenters. The molecule has 0 radical (unpaired) electrons. The maximum absolute atomic E-state index is 14.3. The first-order chi connectivity index (χ1) is 14.7. The van der Waals surface area contributed by atoms with E-state index in [0.717, 1.165) is 48.3 Å². The van der Waals surface area contributed by atoms with Crippen molar-refractivity contribution in [2.24, 2.45) is 0 Å². The van der Waals surface area contributed by atoms with Gasteiger partial charge in [-0.25, -0.2) is 4.39 Å². The molecule has 5 heteroatoms. The number of hydrogen-bond acceptors (Lipinski definition) is 3. The number of halogens is 1. The highest BCUT2D eigenvalue weighted by atomic mass is 19.1. The standard InChI is InChI=1S/C25H25FN4/c1-18-19(6-5-9-22(18)26)16-24-25(29-14-12-27-13-15-29)21-17-28-11-10-23(21)30(24)20-7-3-2-4-8-20/h2-11,17,27H,12-16H2,1H3. The van der Waals surface area contributed by atoms with Gasteiger partial charge in [0.1, 0.15) is 5.82 Å². The molecule has 3 heterocycles. The Morgan fingerprint density at radius 1 is 1.00 bits per heavy atom. The van der Waals surface area contributed by atoms with Crippen molar-refractivity contribution in [3.63, 3.8) is 0 Å². The number of pyridine rings is 1. The van der Waals surface area contributed by atoms with E-state index in [-0.39, 0.29) is 5.82 Å². The van der Waals surface area contributed by atoms with E-state index in [9.17, 15) is 4.39 Å². The smallest absolute Gasteiger partial charge is 0.126 e. The Morgan fingerprint density at radius 3 is 2.60 bits per heavy atom. The van der Waals surface area contributed by atoms with Gasteiger partial charge in [0.05, 0.1) is 16.9 Å². The Bertz CT molecular complexity index is 1180. The van der Waals surface area contributed by atoms with Gasteiger partial charge in [-0.3, -0.25) is 4.98 Å². The van der Waals surface area contributed by atoms with Gasteiger partial charge < -0.3 is 14.8 Å². The quantitative estimate of drug-likeness (QED) is 0.549. The molecule has 0 saturated carbocycles. The number of fused-ring (bicyclic) bond motifs is 1. The molecule has 0 aliphatic carbocycles. The predicted molar refractivity (Wildman–Crippen MR) is 120 cm³/mol. The van der Waals surface area contributed by atoms with Crippen LogP contribution in [0.25, 0.3) is 16.6 Å². The molecule has 0 amide bonds. The van der Waals surface area contributed by atoms with Crippen LogP contribution < -0.4 is 10.2 Å². The van der Waals surface area contributed by atoms with E-state index < -0.39 is 0 Å². The largest absolute Gasteiger partial charge is 0.367 e. The Labute approximate surface area is 176 Å². The van der Waals surface area contributed by atoms with E-state index >= 15 is 0 Å². The molecule has 1 N–H and O–H groups in total. The van der Waals surface area contributed by atoms with Crippen LogP contribution in [0.3, 0.4) is 0 Å². The number of rotatable bonds is 4. The van der Waals surface area contributed by atoms with Gasteiger partial charge in [-0.2, -0.15) is 0 Å². The lowest BCUT2D eigenvalue weighted by atomic mass is 10.0. The fourth-order valence-electron chi connectivity index (χ4n) is 4.47. The van der Waals surface area contributed by atoms with E-state index in [1.165, 1.54) is 17.4 Å². The van der Waals surface area contributed by atoms with E-state index in [0.29, 0.717) is 12.0 Å². The third-order valence-corrected chi connectivity index (χ3v) is 6.02. The summed E-state index contributed by atoms with van der Waals surface area (Å²) in [5.74, 6) is -0.153. The summed E-state index contributed by atoms with van der Waals surface area (Å²) in [6, 6.07) is 17.9. The molecular weight excluding hydrogens is 375 g/mol. The first-order valence-electron chi connectivity index (χ1n) is 10.5. The minimum absolute atomic E-state index is 0.153. The second kappa shape index (κ2) is 7.92. The highest BCUT2D eigenvalue weighted by Crippen LogP contribution is 2.38. The van der Waals surface area contributed by atoms with Crippen LogP contribution in [0.1, 0.15) is 16.8 Å². The molecule has 1 aliphatic heterocycles. The molecule has 5 rings (SSSR count). The lowest BCUT2D eigenvalue weighted by Gasteiger charge is -2.30. The SMILES string of the molecule is Cc1c(F)cccc1Cc1c(N2CCNCC2)c2cnccc2n1-c1ccccc1. The Morgan fingerprint density at radius 2 is 1.80 bits per heavy atom. The number of nitrogens with one attached hydrogen (secondary N) is 1.